The predicted octanol–water partition coefficient (Wildman–Crippen LogP) is 2.99. The van der Waals surface area contributed by atoms with Gasteiger partial charge in [-0.2, -0.15) is 0 Å². The number of carbonyl (C=O) groups excluding carboxylic acids is 6. The maximum atomic E-state index is 14.3. The molecule has 0 aromatic carbocycles. The SMILES string of the molecule is C=CCNC(=O)C(=O)C(CCCC)NC(=O)[C@@H]1[C@@H](C(C)C)CCN1C(=O)[C@@H](NC(=O)NC(CN1CCOC1=O)C(C)(C)C)C(C)(C)C. The van der Waals surface area contributed by atoms with Crippen molar-refractivity contribution in [3.63, 3.8) is 0 Å². The first-order valence-electron chi connectivity index (χ1n) is 16.9. The molecule has 0 radical (unpaired) electrons. The Kier molecular flexibility index (Phi) is 14.3. The zero-order chi connectivity index (χ0) is 35.7. The second kappa shape index (κ2) is 17.0. The molecule has 0 saturated carbocycles. The van der Waals surface area contributed by atoms with Gasteiger partial charge in [0.25, 0.3) is 5.91 Å². The highest BCUT2D eigenvalue weighted by molar-refractivity contribution is 6.38. The molecule has 0 bridgehead atoms. The summed E-state index contributed by atoms with van der Waals surface area (Å²) in [7, 11) is 0. The second-order valence-corrected chi connectivity index (χ2v) is 15.1. The molecule has 2 aliphatic heterocycles. The van der Waals surface area contributed by atoms with Crippen molar-refractivity contribution in [1.29, 1.82) is 0 Å². The third kappa shape index (κ3) is 11.0. The number of carbonyl (C=O) groups is 6. The molecule has 2 unspecified atom stereocenters. The van der Waals surface area contributed by atoms with Crippen molar-refractivity contribution in [2.45, 2.75) is 112 Å². The maximum Gasteiger partial charge on any atom is 0.410 e. The monoisotopic (exact) mass is 662 g/mol. The van der Waals surface area contributed by atoms with Crippen molar-refractivity contribution in [2.24, 2.45) is 22.7 Å². The number of hydrogen-bond donors (Lipinski definition) is 4. The van der Waals surface area contributed by atoms with Crippen LogP contribution in [0.3, 0.4) is 0 Å². The number of hydrogen-bond acceptors (Lipinski definition) is 7. The van der Waals surface area contributed by atoms with Gasteiger partial charge in [-0.1, -0.05) is 81.2 Å². The van der Waals surface area contributed by atoms with Gasteiger partial charge in [-0.3, -0.25) is 19.2 Å². The first-order valence-corrected chi connectivity index (χ1v) is 16.9. The lowest BCUT2D eigenvalue weighted by molar-refractivity contribution is -0.144. The van der Waals surface area contributed by atoms with E-state index in [1.807, 2.05) is 62.3 Å². The normalized spacial score (nSPS) is 20.3. The van der Waals surface area contributed by atoms with Gasteiger partial charge >= 0.3 is 12.1 Å². The number of urea groups is 1. The number of rotatable bonds is 15. The first kappa shape index (κ1) is 39.5. The number of amides is 6. The number of unbranched alkanes of at least 4 members (excludes halogenated alkanes) is 1. The fraction of sp³-hybridized carbons (Fsp3) is 0.765. The van der Waals surface area contributed by atoms with E-state index in [4.69, 9.17) is 4.74 Å². The minimum Gasteiger partial charge on any atom is -0.448 e. The molecular weight excluding hydrogens is 604 g/mol. The van der Waals surface area contributed by atoms with Crippen LogP contribution in [0.1, 0.15) is 88.0 Å². The Balaban J connectivity index is 2.32. The second-order valence-electron chi connectivity index (χ2n) is 15.1. The summed E-state index contributed by atoms with van der Waals surface area (Å²) in [5.41, 5.74) is -1.15. The molecule has 6 amide bonds. The number of ether oxygens (including phenoxy) is 1. The third-order valence-electron chi connectivity index (χ3n) is 8.95. The minimum absolute atomic E-state index is 0.0402. The Labute approximate surface area is 280 Å². The van der Waals surface area contributed by atoms with Gasteiger partial charge in [0, 0.05) is 19.6 Å². The van der Waals surface area contributed by atoms with Gasteiger partial charge in [-0.05, 0) is 35.5 Å². The lowest BCUT2D eigenvalue weighted by atomic mass is 9.84. The molecule has 2 saturated heterocycles. The third-order valence-corrected chi connectivity index (χ3v) is 8.95. The first-order chi connectivity index (χ1) is 21.8. The summed E-state index contributed by atoms with van der Waals surface area (Å²) in [6.45, 7) is 22.2. The van der Waals surface area contributed by atoms with Crippen molar-refractivity contribution in [2.75, 3.05) is 32.8 Å². The Hall–Kier alpha value is -3.64. The van der Waals surface area contributed by atoms with Crippen molar-refractivity contribution in [1.82, 2.24) is 31.1 Å². The Morgan fingerprint density at radius 3 is 2.17 bits per heavy atom. The number of Topliss-reactive ketones (excluding diaryl/α,β-unsaturated/α-hetero) is 1. The van der Waals surface area contributed by atoms with Gasteiger partial charge in [0.2, 0.25) is 17.6 Å². The summed E-state index contributed by atoms with van der Waals surface area (Å²) < 4.78 is 5.05. The topological polar surface area (TPSA) is 166 Å². The van der Waals surface area contributed by atoms with Crippen molar-refractivity contribution < 1.29 is 33.5 Å². The number of cyclic esters (lactones) is 1. The fourth-order valence-electron chi connectivity index (χ4n) is 5.94. The fourth-order valence-corrected chi connectivity index (χ4v) is 5.94. The molecule has 13 nitrogen and oxygen atoms in total. The molecule has 13 heteroatoms. The molecule has 5 atom stereocenters. The summed E-state index contributed by atoms with van der Waals surface area (Å²) >= 11 is 0. The lowest BCUT2D eigenvalue weighted by Gasteiger charge is -2.38. The van der Waals surface area contributed by atoms with E-state index in [-0.39, 0.29) is 31.3 Å². The van der Waals surface area contributed by atoms with Gasteiger partial charge in [0.15, 0.2) is 0 Å². The van der Waals surface area contributed by atoms with Gasteiger partial charge < -0.3 is 35.8 Å². The molecule has 2 fully saturated rings. The van der Waals surface area contributed by atoms with Crippen molar-refractivity contribution >= 4 is 35.6 Å². The summed E-state index contributed by atoms with van der Waals surface area (Å²) in [6.07, 6.45) is 3.26. The van der Waals surface area contributed by atoms with Crippen LogP contribution in [0.25, 0.3) is 0 Å². The molecule has 47 heavy (non-hydrogen) atoms. The average Bonchev–Trinajstić information content (AvgIpc) is 3.61. The molecule has 0 aromatic heterocycles. The molecule has 0 aromatic rings. The minimum atomic E-state index is -1.04. The molecule has 4 N–H and O–H groups in total. The van der Waals surface area contributed by atoms with E-state index < -0.39 is 70.6 Å². The molecular formula is C34H58N6O7. The zero-order valence-corrected chi connectivity index (χ0v) is 29.9. The Bertz CT molecular complexity index is 1160. The van der Waals surface area contributed by atoms with Crippen LogP contribution in [-0.2, 0) is 23.9 Å². The van der Waals surface area contributed by atoms with Crippen LogP contribution in [0.4, 0.5) is 9.59 Å². The largest absolute Gasteiger partial charge is 0.448 e. The van der Waals surface area contributed by atoms with Crippen LogP contribution in [0.5, 0.6) is 0 Å². The van der Waals surface area contributed by atoms with Crippen LogP contribution < -0.4 is 21.3 Å². The summed E-state index contributed by atoms with van der Waals surface area (Å²) in [6, 6.07) is -3.94. The van der Waals surface area contributed by atoms with E-state index in [0.717, 1.165) is 6.42 Å². The van der Waals surface area contributed by atoms with Crippen molar-refractivity contribution in [3.8, 4) is 0 Å². The highest BCUT2D eigenvalue weighted by Gasteiger charge is 2.48. The Morgan fingerprint density at radius 2 is 1.66 bits per heavy atom. The molecule has 0 spiro atoms. The van der Waals surface area contributed by atoms with Crippen LogP contribution in [0.2, 0.25) is 0 Å². The number of nitrogens with one attached hydrogen (secondary N) is 4. The van der Waals surface area contributed by atoms with Crippen LogP contribution in [-0.4, -0.2) is 102 Å². The van der Waals surface area contributed by atoms with Gasteiger partial charge in [-0.15, -0.1) is 6.58 Å². The van der Waals surface area contributed by atoms with Crippen LogP contribution in [0.15, 0.2) is 12.7 Å². The average molecular weight is 663 g/mol. The summed E-state index contributed by atoms with van der Waals surface area (Å²) in [5.74, 6) is -2.61. The van der Waals surface area contributed by atoms with E-state index in [0.29, 0.717) is 32.5 Å². The molecule has 0 aliphatic carbocycles. The zero-order valence-electron chi connectivity index (χ0n) is 29.9. The van der Waals surface area contributed by atoms with Crippen molar-refractivity contribution in [3.05, 3.63) is 12.7 Å². The van der Waals surface area contributed by atoms with E-state index in [1.165, 1.54) is 11.0 Å². The van der Waals surface area contributed by atoms with Gasteiger partial charge in [0.05, 0.1) is 18.6 Å². The highest BCUT2D eigenvalue weighted by atomic mass is 16.6. The molecule has 2 rings (SSSR count). The molecule has 2 heterocycles. The quantitative estimate of drug-likeness (QED) is 0.155. The van der Waals surface area contributed by atoms with Crippen LogP contribution >= 0.6 is 0 Å². The van der Waals surface area contributed by atoms with E-state index in [9.17, 15) is 28.8 Å². The number of nitrogens with zero attached hydrogens (tertiary/aromatic N) is 2. The number of ketones is 1. The predicted molar refractivity (Wildman–Crippen MR) is 179 cm³/mol. The van der Waals surface area contributed by atoms with Gasteiger partial charge in [0.1, 0.15) is 18.7 Å². The highest BCUT2D eigenvalue weighted by Crippen LogP contribution is 2.33. The van der Waals surface area contributed by atoms with Crippen LogP contribution in [0, 0.1) is 22.7 Å². The maximum absolute atomic E-state index is 14.3. The summed E-state index contributed by atoms with van der Waals surface area (Å²) in [5, 5.41) is 11.1. The molecule has 266 valence electrons. The lowest BCUT2D eigenvalue weighted by Crippen LogP contribution is -2.62. The van der Waals surface area contributed by atoms with E-state index in [1.54, 1.807) is 4.90 Å². The smallest absolute Gasteiger partial charge is 0.410 e. The van der Waals surface area contributed by atoms with Gasteiger partial charge in [-0.25, -0.2) is 9.59 Å². The standard InChI is InChI=1S/C34H58N6O7/c1-11-13-14-23(26(41)29(43)35-16-12-2)36-28(42)25-22(21(3)4)15-17-40(25)30(44)27(34(8,9)10)38-31(45)37-24(33(5,6)7)20-39-18-19-47-32(39)46/h12,21-25,27H,2,11,13-20H2,1,3-10H3,(H,35,43)(H,36,42)(H2,37,38,45)/t22-,23?,24?,25+,27-/m1/s1. The number of likely N-dealkylation sites (tertiary alicyclic amines) is 1. The Morgan fingerprint density at radius 1 is 1.00 bits per heavy atom. The van der Waals surface area contributed by atoms with E-state index in [2.05, 4.69) is 27.8 Å². The molecule has 2 aliphatic rings. The van der Waals surface area contributed by atoms with E-state index >= 15 is 0 Å². The summed E-state index contributed by atoms with van der Waals surface area (Å²) in [4.78, 5) is 82.5.